The number of thioether (sulfide) groups is 1. The fraction of sp³-hybridized carbons (Fsp3) is 0.258. The van der Waals surface area contributed by atoms with Crippen LogP contribution in [0.3, 0.4) is 0 Å². The van der Waals surface area contributed by atoms with Crippen molar-refractivity contribution >= 4 is 55.4 Å². The summed E-state index contributed by atoms with van der Waals surface area (Å²) in [5.74, 6) is 1.92. The molecule has 0 N–H and O–H groups in total. The molecule has 0 unspecified atom stereocenters. The van der Waals surface area contributed by atoms with Gasteiger partial charge in [-0.15, -0.1) is 23.1 Å². The van der Waals surface area contributed by atoms with Crippen molar-refractivity contribution in [2.24, 2.45) is 5.92 Å². The number of thiazole rings is 1. The molecule has 0 radical (unpaired) electrons. The Morgan fingerprint density at radius 3 is 2.60 bits per heavy atom. The number of halogens is 2. The van der Waals surface area contributed by atoms with E-state index >= 15 is 0 Å². The fourth-order valence-corrected chi connectivity index (χ4v) is 8.71. The van der Waals surface area contributed by atoms with Gasteiger partial charge < -0.3 is 9.47 Å². The van der Waals surface area contributed by atoms with Crippen LogP contribution in [0.15, 0.2) is 88.1 Å². The van der Waals surface area contributed by atoms with Gasteiger partial charge in [-0.1, -0.05) is 29.8 Å². The van der Waals surface area contributed by atoms with Crippen molar-refractivity contribution in [2.75, 3.05) is 24.3 Å². The molecule has 1 aliphatic carbocycles. The van der Waals surface area contributed by atoms with Crippen LogP contribution < -0.4 is 13.8 Å². The Kier molecular flexibility index (Phi) is 9.77. The molecule has 0 spiro atoms. The van der Waals surface area contributed by atoms with Gasteiger partial charge in [-0.3, -0.25) is 0 Å². The van der Waals surface area contributed by atoms with Crippen LogP contribution in [0, 0.1) is 11.7 Å². The Balaban J connectivity index is 1.37. The van der Waals surface area contributed by atoms with Crippen LogP contribution in [-0.2, 0) is 16.6 Å². The molecule has 11 heteroatoms. The first-order valence-corrected chi connectivity index (χ1v) is 17.0. The second kappa shape index (κ2) is 13.5. The summed E-state index contributed by atoms with van der Waals surface area (Å²) in [4.78, 5) is 5.16. The Morgan fingerprint density at radius 2 is 1.90 bits per heavy atom. The second-order valence-corrected chi connectivity index (χ2v) is 13.9. The van der Waals surface area contributed by atoms with Gasteiger partial charge in [0, 0.05) is 33.9 Å². The van der Waals surface area contributed by atoms with Crippen LogP contribution in [-0.4, -0.2) is 33.4 Å². The first kappa shape index (κ1) is 30.4. The van der Waals surface area contributed by atoms with Crippen LogP contribution in [0.25, 0.3) is 5.57 Å². The molecule has 0 saturated heterocycles. The normalized spacial score (nSPS) is 15.2. The van der Waals surface area contributed by atoms with E-state index in [1.807, 2.05) is 12.1 Å². The van der Waals surface area contributed by atoms with Crippen molar-refractivity contribution in [1.29, 1.82) is 0 Å². The molecule has 5 rings (SSSR count). The molecule has 220 valence electrons. The fourth-order valence-electron chi connectivity index (χ4n) is 4.92. The van der Waals surface area contributed by atoms with E-state index in [4.69, 9.17) is 21.1 Å². The van der Waals surface area contributed by atoms with E-state index in [2.05, 4.69) is 11.1 Å². The second-order valence-electron chi connectivity index (χ2n) is 9.70. The first-order valence-electron chi connectivity index (χ1n) is 13.3. The largest absolute Gasteiger partial charge is 0.497 e. The lowest BCUT2D eigenvalue weighted by molar-refractivity contribution is 0.391. The quantitative estimate of drug-likeness (QED) is 0.153. The summed E-state index contributed by atoms with van der Waals surface area (Å²) >= 11 is 9.52. The molecule has 6 nitrogen and oxygen atoms in total. The van der Waals surface area contributed by atoms with Crippen molar-refractivity contribution in [3.63, 3.8) is 0 Å². The zero-order valence-electron chi connectivity index (χ0n) is 23.1. The van der Waals surface area contributed by atoms with Gasteiger partial charge in [0.05, 0.1) is 30.7 Å². The molecule has 0 bridgehead atoms. The maximum Gasteiger partial charge on any atom is 0.266 e. The Labute approximate surface area is 259 Å². The predicted molar refractivity (Wildman–Crippen MR) is 169 cm³/mol. The molecule has 0 saturated carbocycles. The van der Waals surface area contributed by atoms with Gasteiger partial charge in [0.2, 0.25) is 0 Å². The third-order valence-electron chi connectivity index (χ3n) is 7.11. The summed E-state index contributed by atoms with van der Waals surface area (Å²) in [6.45, 7) is 0.0112. The van der Waals surface area contributed by atoms with Crippen LogP contribution in [0.1, 0.15) is 30.4 Å². The van der Waals surface area contributed by atoms with E-state index < -0.39 is 10.0 Å². The monoisotopic (exact) mass is 644 g/mol. The molecule has 0 amide bonds. The Bertz CT molecular complexity index is 1660. The number of nitrogens with zero attached hydrogens (tertiary/aromatic N) is 2. The minimum atomic E-state index is -4.02. The molecule has 1 atom stereocenters. The summed E-state index contributed by atoms with van der Waals surface area (Å²) in [7, 11) is -0.936. The number of ether oxygens (including phenoxy) is 2. The van der Waals surface area contributed by atoms with Gasteiger partial charge in [-0.2, -0.15) is 0 Å². The molecule has 1 heterocycles. The molecule has 0 aliphatic heterocycles. The van der Waals surface area contributed by atoms with E-state index in [-0.39, 0.29) is 23.2 Å². The number of anilines is 1. The molecule has 1 aliphatic rings. The van der Waals surface area contributed by atoms with Crippen LogP contribution in [0.5, 0.6) is 11.5 Å². The number of methoxy groups -OCH3 is 2. The molecule has 1 aromatic heterocycles. The molecule has 0 fully saturated rings. The number of hydrogen-bond donors (Lipinski definition) is 0. The SMILES string of the molecule is COc1ccc(CN(c2nccs2)S(=O)(=O)c2ccc(SC[C@H]3CCCC=C3c3ccc(F)cc3)c(Cl)c2)c(OC)c1. The highest BCUT2D eigenvalue weighted by Gasteiger charge is 2.29. The summed E-state index contributed by atoms with van der Waals surface area (Å²) in [5.41, 5.74) is 2.91. The van der Waals surface area contributed by atoms with Crippen molar-refractivity contribution in [2.45, 2.75) is 35.6 Å². The molecular formula is C31H30ClFN2O4S3. The summed E-state index contributed by atoms with van der Waals surface area (Å²) in [6, 6.07) is 16.7. The van der Waals surface area contributed by atoms with E-state index in [0.29, 0.717) is 27.2 Å². The zero-order valence-corrected chi connectivity index (χ0v) is 26.3. The standard InChI is InChI=1S/C31H30ClFN2O4S3/c1-38-25-12-9-22(29(17-25)39-2)19-35(31-34-15-16-40-31)42(36,37)26-13-14-30(28(32)18-26)41-20-23-5-3-4-6-27(23)21-7-10-24(33)11-8-21/h6-18,23H,3-5,19-20H2,1-2H3/t23-/m1/s1. The minimum absolute atomic E-state index is 0.0112. The summed E-state index contributed by atoms with van der Waals surface area (Å²) in [6.07, 6.45) is 6.92. The van der Waals surface area contributed by atoms with Crippen molar-refractivity contribution in [1.82, 2.24) is 4.98 Å². The average molecular weight is 645 g/mol. The lowest BCUT2D eigenvalue weighted by Crippen LogP contribution is -2.30. The van der Waals surface area contributed by atoms with E-state index in [9.17, 15) is 12.8 Å². The lowest BCUT2D eigenvalue weighted by atomic mass is 9.85. The number of benzene rings is 3. The van der Waals surface area contributed by atoms with Crippen LogP contribution in [0.4, 0.5) is 9.52 Å². The van der Waals surface area contributed by atoms with Crippen molar-refractivity contribution in [3.8, 4) is 11.5 Å². The maximum absolute atomic E-state index is 14.0. The number of aromatic nitrogens is 1. The van der Waals surface area contributed by atoms with Gasteiger partial charge in [0.25, 0.3) is 10.0 Å². The molecule has 42 heavy (non-hydrogen) atoms. The van der Waals surface area contributed by atoms with Crippen LogP contribution >= 0.6 is 34.7 Å². The predicted octanol–water partition coefficient (Wildman–Crippen LogP) is 8.32. The average Bonchev–Trinajstić information content (AvgIpc) is 3.54. The van der Waals surface area contributed by atoms with E-state index in [0.717, 1.165) is 35.5 Å². The molecule has 4 aromatic rings. The molecule has 3 aromatic carbocycles. The zero-order chi connectivity index (χ0) is 29.7. The van der Waals surface area contributed by atoms with Gasteiger partial charge >= 0.3 is 0 Å². The number of allylic oxidation sites excluding steroid dienone is 2. The van der Waals surface area contributed by atoms with Crippen LogP contribution in [0.2, 0.25) is 5.02 Å². The highest BCUT2D eigenvalue weighted by atomic mass is 35.5. The van der Waals surface area contributed by atoms with Gasteiger partial charge in [-0.05, 0) is 78.8 Å². The van der Waals surface area contributed by atoms with Gasteiger partial charge in [-0.25, -0.2) is 22.1 Å². The lowest BCUT2D eigenvalue weighted by Gasteiger charge is -2.25. The highest BCUT2D eigenvalue weighted by Crippen LogP contribution is 2.39. The van der Waals surface area contributed by atoms with E-state index in [1.54, 1.807) is 60.8 Å². The number of sulfonamides is 1. The minimum Gasteiger partial charge on any atom is -0.497 e. The van der Waals surface area contributed by atoms with Crippen molar-refractivity contribution in [3.05, 3.63) is 100 Å². The third-order valence-corrected chi connectivity index (χ3v) is 11.4. The maximum atomic E-state index is 14.0. The Morgan fingerprint density at radius 1 is 1.10 bits per heavy atom. The van der Waals surface area contributed by atoms with Gasteiger partial charge in [0.15, 0.2) is 5.13 Å². The third kappa shape index (κ3) is 6.78. The van der Waals surface area contributed by atoms with Crippen molar-refractivity contribution < 1.29 is 22.3 Å². The Hall–Kier alpha value is -3.05. The summed E-state index contributed by atoms with van der Waals surface area (Å²) < 4.78 is 53.5. The highest BCUT2D eigenvalue weighted by molar-refractivity contribution is 7.99. The molecular weight excluding hydrogens is 615 g/mol. The topological polar surface area (TPSA) is 68.7 Å². The number of hydrogen-bond acceptors (Lipinski definition) is 7. The van der Waals surface area contributed by atoms with Gasteiger partial charge in [0.1, 0.15) is 17.3 Å². The first-order chi connectivity index (χ1) is 20.3. The summed E-state index contributed by atoms with van der Waals surface area (Å²) in [5, 5.41) is 2.43. The number of rotatable bonds is 11. The smallest absolute Gasteiger partial charge is 0.266 e. The van der Waals surface area contributed by atoms with E-state index in [1.165, 1.54) is 46.5 Å².